The first-order chi connectivity index (χ1) is 22.4. The number of ether oxygens (including phenoxy) is 3. The van der Waals surface area contributed by atoms with Crippen LogP contribution in [0.4, 0.5) is 18.9 Å². The maximum Gasteiger partial charge on any atom is 0.424 e. The molecule has 2 heterocycles. The molecule has 0 aliphatic carbocycles. The van der Waals surface area contributed by atoms with Crippen LogP contribution in [0.15, 0.2) is 66.7 Å². The zero-order valence-corrected chi connectivity index (χ0v) is 25.9. The third kappa shape index (κ3) is 7.49. The van der Waals surface area contributed by atoms with Crippen molar-refractivity contribution in [2.24, 2.45) is 0 Å². The van der Waals surface area contributed by atoms with E-state index in [1.807, 2.05) is 0 Å². The topological polar surface area (TPSA) is 129 Å². The van der Waals surface area contributed by atoms with Crippen LogP contribution in [0.3, 0.4) is 0 Å². The number of piperidine rings is 1. The number of fused-ring (bicyclic) bond motifs is 1. The molecule has 1 fully saturated rings. The number of carbonyl (C=O) groups excluding carboxylic acids is 1. The van der Waals surface area contributed by atoms with Gasteiger partial charge in [0.25, 0.3) is 5.69 Å². The lowest BCUT2D eigenvalue weighted by molar-refractivity contribution is -0.384. The Labute approximate surface area is 268 Å². The summed E-state index contributed by atoms with van der Waals surface area (Å²) in [5.74, 6) is 0.487. The van der Waals surface area contributed by atoms with E-state index >= 15 is 0 Å². The summed E-state index contributed by atoms with van der Waals surface area (Å²) in [6, 6.07) is 17.4. The molecular weight excluding hydrogens is 621 g/mol. The first-order valence-electron chi connectivity index (χ1n) is 15.1. The fraction of sp³-hybridized carbons (Fsp3) is 0.394. The number of hydrogen-bond acceptors (Lipinski definition) is 9. The Morgan fingerprint density at radius 3 is 2.40 bits per heavy atom. The van der Waals surface area contributed by atoms with Crippen LogP contribution < -0.4 is 9.47 Å². The molecule has 0 bridgehead atoms. The maximum atomic E-state index is 14.8. The standard InChI is InChI=1S/C33H35F3N4O7/c1-3-46-30(41)18-23-9-12-28(29(17-23)45-2)47-25-13-15-38(16-14-25)21-32(42,33(34,35)36)31-26-11-10-24(40(43)44)19-27(26)39(37-31)20-22-7-5-4-6-8-22/h4-12,17,19,25,42H,3,13-16,18,20-21H2,1-2H3. The van der Waals surface area contributed by atoms with Gasteiger partial charge in [0.2, 0.25) is 5.60 Å². The molecule has 0 saturated carbocycles. The SMILES string of the molecule is CCOC(=O)Cc1ccc(OC2CCN(CC(O)(c3nn(Cc4ccccc4)c4cc([N+](=O)[O-])ccc34)C(F)(F)F)CC2)c(OC)c1. The minimum atomic E-state index is -5.11. The van der Waals surface area contributed by atoms with Gasteiger partial charge in [-0.25, -0.2) is 0 Å². The van der Waals surface area contributed by atoms with Crippen molar-refractivity contribution in [3.63, 3.8) is 0 Å². The molecule has 0 amide bonds. The van der Waals surface area contributed by atoms with E-state index in [1.165, 1.54) is 28.8 Å². The molecule has 5 rings (SSSR count). The largest absolute Gasteiger partial charge is 0.493 e. The summed E-state index contributed by atoms with van der Waals surface area (Å²) in [5, 5.41) is 27.2. The van der Waals surface area contributed by atoms with Crippen LogP contribution in [0, 0.1) is 10.1 Å². The Morgan fingerprint density at radius 2 is 1.77 bits per heavy atom. The number of aromatic nitrogens is 2. The van der Waals surface area contributed by atoms with E-state index in [2.05, 4.69) is 5.10 Å². The van der Waals surface area contributed by atoms with Crippen LogP contribution >= 0.6 is 0 Å². The zero-order valence-electron chi connectivity index (χ0n) is 25.9. The summed E-state index contributed by atoms with van der Waals surface area (Å²) in [5.41, 5.74) is -2.78. The number of rotatable bonds is 12. The first kappa shape index (κ1) is 33.7. The van der Waals surface area contributed by atoms with Gasteiger partial charge < -0.3 is 19.3 Å². The average molecular weight is 657 g/mol. The number of nitro groups is 1. The van der Waals surface area contributed by atoms with E-state index in [0.717, 1.165) is 11.6 Å². The highest BCUT2D eigenvalue weighted by Crippen LogP contribution is 2.43. The highest BCUT2D eigenvalue weighted by molar-refractivity contribution is 5.85. The monoisotopic (exact) mass is 656 g/mol. The molecule has 14 heteroatoms. The smallest absolute Gasteiger partial charge is 0.424 e. The Bertz CT molecular complexity index is 1720. The number of alkyl halides is 3. The summed E-state index contributed by atoms with van der Waals surface area (Å²) in [6.45, 7) is 1.64. The fourth-order valence-corrected chi connectivity index (χ4v) is 5.74. The Balaban J connectivity index is 1.35. The van der Waals surface area contributed by atoms with E-state index in [9.17, 15) is 33.2 Å². The molecule has 1 aliphatic heterocycles. The zero-order chi connectivity index (χ0) is 33.8. The Kier molecular flexibility index (Phi) is 10.0. The van der Waals surface area contributed by atoms with Crippen LogP contribution in [0.25, 0.3) is 10.9 Å². The summed E-state index contributed by atoms with van der Waals surface area (Å²) in [7, 11) is 1.47. The van der Waals surface area contributed by atoms with Gasteiger partial charge in [-0.15, -0.1) is 0 Å². The Hall–Kier alpha value is -4.69. The first-order valence-corrected chi connectivity index (χ1v) is 15.1. The molecule has 4 aromatic rings. The van der Waals surface area contributed by atoms with E-state index in [0.29, 0.717) is 29.9 Å². The van der Waals surface area contributed by atoms with Gasteiger partial charge in [0.15, 0.2) is 11.5 Å². The van der Waals surface area contributed by atoms with Crippen LogP contribution in [-0.4, -0.2) is 76.3 Å². The van der Waals surface area contributed by atoms with E-state index in [4.69, 9.17) is 14.2 Å². The molecular formula is C33H35F3N4O7. The van der Waals surface area contributed by atoms with Gasteiger partial charge in [-0.05, 0) is 49.1 Å². The second kappa shape index (κ2) is 14.0. The summed E-state index contributed by atoms with van der Waals surface area (Å²) in [4.78, 5) is 24.2. The fourth-order valence-electron chi connectivity index (χ4n) is 5.74. The lowest BCUT2D eigenvalue weighted by Crippen LogP contribution is -2.53. The summed E-state index contributed by atoms with van der Waals surface area (Å²) in [6.07, 6.45) is -4.63. The lowest BCUT2D eigenvalue weighted by Gasteiger charge is -2.38. The number of methoxy groups -OCH3 is 1. The molecule has 1 aliphatic rings. The minimum Gasteiger partial charge on any atom is -0.493 e. The minimum absolute atomic E-state index is 0.0249. The van der Waals surface area contributed by atoms with Crippen molar-refractivity contribution < 1.29 is 42.2 Å². The highest BCUT2D eigenvalue weighted by atomic mass is 19.4. The van der Waals surface area contributed by atoms with Gasteiger partial charge in [0.1, 0.15) is 11.8 Å². The second-order valence-corrected chi connectivity index (χ2v) is 11.4. The maximum absolute atomic E-state index is 14.8. The third-order valence-electron chi connectivity index (χ3n) is 8.14. The molecule has 1 atom stereocenters. The van der Waals surface area contributed by atoms with Crippen molar-refractivity contribution in [2.75, 3.05) is 33.4 Å². The van der Waals surface area contributed by atoms with Crippen LogP contribution in [-0.2, 0) is 28.1 Å². The molecule has 1 saturated heterocycles. The van der Waals surface area contributed by atoms with Crippen molar-refractivity contribution in [3.05, 3.63) is 93.7 Å². The molecule has 3 aromatic carbocycles. The van der Waals surface area contributed by atoms with Crippen LogP contribution in [0.1, 0.15) is 36.6 Å². The number of carbonyl (C=O) groups is 1. The molecule has 47 heavy (non-hydrogen) atoms. The number of hydrogen-bond donors (Lipinski definition) is 1. The van der Waals surface area contributed by atoms with Crippen molar-refractivity contribution in [1.82, 2.24) is 14.7 Å². The number of esters is 1. The molecule has 1 unspecified atom stereocenters. The summed E-state index contributed by atoms with van der Waals surface area (Å²) >= 11 is 0. The number of aliphatic hydroxyl groups is 1. The number of nitrogens with zero attached hydrogens (tertiary/aromatic N) is 4. The van der Waals surface area contributed by atoms with Gasteiger partial charge in [-0.3, -0.25) is 24.5 Å². The van der Waals surface area contributed by atoms with Gasteiger partial charge in [0.05, 0.1) is 37.1 Å². The second-order valence-electron chi connectivity index (χ2n) is 11.4. The normalized spacial score (nSPS) is 15.7. The van der Waals surface area contributed by atoms with Crippen LogP contribution in [0.5, 0.6) is 11.5 Å². The Morgan fingerprint density at radius 1 is 1.04 bits per heavy atom. The van der Waals surface area contributed by atoms with Crippen LogP contribution in [0.2, 0.25) is 0 Å². The van der Waals surface area contributed by atoms with Gasteiger partial charge in [0, 0.05) is 37.2 Å². The molecule has 250 valence electrons. The average Bonchev–Trinajstić information content (AvgIpc) is 3.40. The number of halogens is 3. The van der Waals surface area contributed by atoms with Crippen molar-refractivity contribution in [1.29, 1.82) is 0 Å². The van der Waals surface area contributed by atoms with E-state index in [1.54, 1.807) is 55.5 Å². The van der Waals surface area contributed by atoms with Gasteiger partial charge in [-0.1, -0.05) is 36.4 Å². The van der Waals surface area contributed by atoms with Crippen molar-refractivity contribution in [3.8, 4) is 11.5 Å². The van der Waals surface area contributed by atoms with E-state index < -0.39 is 28.9 Å². The predicted octanol–water partition coefficient (Wildman–Crippen LogP) is 5.40. The molecule has 1 aromatic heterocycles. The quantitative estimate of drug-likeness (QED) is 0.121. The molecule has 1 N–H and O–H groups in total. The predicted molar refractivity (Wildman–Crippen MR) is 165 cm³/mol. The summed E-state index contributed by atoms with van der Waals surface area (Å²) < 4.78 is 62.3. The molecule has 0 radical (unpaired) electrons. The molecule has 0 spiro atoms. The van der Waals surface area contributed by atoms with Crippen molar-refractivity contribution in [2.45, 2.75) is 50.6 Å². The van der Waals surface area contributed by atoms with Crippen molar-refractivity contribution >= 4 is 22.6 Å². The number of nitro benzene ring substituents is 1. The van der Waals surface area contributed by atoms with Gasteiger partial charge >= 0.3 is 12.1 Å². The third-order valence-corrected chi connectivity index (χ3v) is 8.14. The number of benzene rings is 3. The number of likely N-dealkylation sites (tertiary alicyclic amines) is 1. The number of non-ortho nitro benzene ring substituents is 1. The van der Waals surface area contributed by atoms with Gasteiger partial charge in [-0.2, -0.15) is 18.3 Å². The lowest BCUT2D eigenvalue weighted by atomic mass is 9.93. The molecule has 11 nitrogen and oxygen atoms in total. The van der Waals surface area contributed by atoms with E-state index in [-0.39, 0.29) is 61.3 Å². The highest BCUT2D eigenvalue weighted by Gasteiger charge is 2.58. The number of β-amino-alcohol motifs (C(OH)–C–C–N with tert-alkyl or cyclic N) is 1.